The second kappa shape index (κ2) is 6.65. The van der Waals surface area contributed by atoms with Crippen LogP contribution in [0.15, 0.2) is 16.8 Å². The lowest BCUT2D eigenvalue weighted by molar-refractivity contribution is -0.160. The molecule has 0 saturated heterocycles. The van der Waals surface area contributed by atoms with Crippen LogP contribution in [-0.4, -0.2) is 41.8 Å². The summed E-state index contributed by atoms with van der Waals surface area (Å²) in [5, 5.41) is 3.75. The van der Waals surface area contributed by atoms with Gasteiger partial charge in [0.05, 0.1) is 20.1 Å². The van der Waals surface area contributed by atoms with Gasteiger partial charge in [0.15, 0.2) is 0 Å². The highest BCUT2D eigenvalue weighted by Gasteiger charge is 2.39. The number of esters is 1. The van der Waals surface area contributed by atoms with E-state index in [2.05, 4.69) is 0 Å². The first-order chi connectivity index (χ1) is 9.28. The topological polar surface area (TPSA) is 63.7 Å². The van der Waals surface area contributed by atoms with Crippen LogP contribution < -0.4 is 0 Å². The Morgan fingerprint density at radius 1 is 1.35 bits per heavy atom. The van der Waals surface area contributed by atoms with Crippen LogP contribution in [0.5, 0.6) is 0 Å². The summed E-state index contributed by atoms with van der Waals surface area (Å²) in [6.07, 6.45) is 0.164. The maximum Gasteiger partial charge on any atom is 0.331 e. The van der Waals surface area contributed by atoms with Gasteiger partial charge in [0.25, 0.3) is 0 Å². The average molecular weight is 297 g/mol. The molecule has 0 N–H and O–H groups in total. The first kappa shape index (κ1) is 16.4. The molecule has 0 aliphatic rings. The molecule has 0 aliphatic carbocycles. The molecule has 6 heteroatoms. The van der Waals surface area contributed by atoms with E-state index in [0.29, 0.717) is 0 Å². The number of hydrogen-bond donors (Lipinski definition) is 0. The third kappa shape index (κ3) is 3.90. The SMILES string of the molecule is COC(=O)C(C)(C)N(CC(C)=O)C(=O)Cc1ccsc1. The van der Waals surface area contributed by atoms with Crippen molar-refractivity contribution in [1.29, 1.82) is 0 Å². The summed E-state index contributed by atoms with van der Waals surface area (Å²) in [4.78, 5) is 36.9. The lowest BCUT2D eigenvalue weighted by Gasteiger charge is -2.35. The zero-order valence-electron chi connectivity index (χ0n) is 12.1. The lowest BCUT2D eigenvalue weighted by atomic mass is 10.0. The minimum absolute atomic E-state index is 0.106. The molecule has 0 atom stereocenters. The predicted molar refractivity (Wildman–Crippen MR) is 76.5 cm³/mol. The molecule has 0 radical (unpaired) electrons. The van der Waals surface area contributed by atoms with Gasteiger partial charge in [-0.2, -0.15) is 11.3 Å². The summed E-state index contributed by atoms with van der Waals surface area (Å²) in [7, 11) is 1.26. The van der Waals surface area contributed by atoms with Gasteiger partial charge in [0, 0.05) is 0 Å². The molecule has 5 nitrogen and oxygen atoms in total. The van der Waals surface area contributed by atoms with Crippen molar-refractivity contribution in [3.63, 3.8) is 0 Å². The largest absolute Gasteiger partial charge is 0.467 e. The predicted octanol–water partition coefficient (Wildman–Crippen LogP) is 1.66. The summed E-state index contributed by atoms with van der Waals surface area (Å²) in [6.45, 7) is 4.43. The molecule has 0 spiro atoms. The molecule has 0 fully saturated rings. The van der Waals surface area contributed by atoms with Gasteiger partial charge in [0.1, 0.15) is 11.3 Å². The molecule has 0 aromatic carbocycles. The third-order valence-corrected chi connectivity index (χ3v) is 3.71. The number of ketones is 1. The van der Waals surface area contributed by atoms with Crippen LogP contribution in [0.1, 0.15) is 26.3 Å². The molecular weight excluding hydrogens is 278 g/mol. The third-order valence-electron chi connectivity index (χ3n) is 2.98. The van der Waals surface area contributed by atoms with E-state index in [4.69, 9.17) is 4.74 Å². The van der Waals surface area contributed by atoms with Crippen molar-refractivity contribution in [2.45, 2.75) is 32.7 Å². The first-order valence-electron chi connectivity index (χ1n) is 6.18. The molecule has 0 bridgehead atoms. The van der Waals surface area contributed by atoms with Gasteiger partial charge < -0.3 is 9.64 Å². The van der Waals surface area contributed by atoms with Gasteiger partial charge >= 0.3 is 5.97 Å². The van der Waals surface area contributed by atoms with Crippen LogP contribution in [0.2, 0.25) is 0 Å². The van der Waals surface area contributed by atoms with E-state index < -0.39 is 11.5 Å². The number of thiophene rings is 1. The smallest absolute Gasteiger partial charge is 0.331 e. The zero-order chi connectivity index (χ0) is 15.3. The Morgan fingerprint density at radius 3 is 2.45 bits per heavy atom. The minimum atomic E-state index is -1.17. The summed E-state index contributed by atoms with van der Waals surface area (Å²) in [5.74, 6) is -0.993. The maximum atomic E-state index is 12.4. The van der Waals surface area contributed by atoms with Crippen LogP contribution in [0.4, 0.5) is 0 Å². The van der Waals surface area contributed by atoms with Gasteiger partial charge in [-0.25, -0.2) is 4.79 Å². The Bertz CT molecular complexity index is 493. The lowest BCUT2D eigenvalue weighted by Crippen LogP contribution is -2.55. The Labute approximate surface area is 122 Å². The maximum absolute atomic E-state index is 12.4. The molecule has 0 aliphatic heterocycles. The molecular formula is C14H19NO4S. The quantitative estimate of drug-likeness (QED) is 0.749. The number of rotatable bonds is 6. The van der Waals surface area contributed by atoms with Crippen LogP contribution in [0.3, 0.4) is 0 Å². The Morgan fingerprint density at radius 2 is 2.00 bits per heavy atom. The van der Waals surface area contributed by atoms with E-state index in [1.807, 2.05) is 16.8 Å². The number of methoxy groups -OCH3 is 1. The molecule has 1 heterocycles. The van der Waals surface area contributed by atoms with E-state index in [1.165, 1.54) is 30.3 Å². The summed E-state index contributed by atoms with van der Waals surface area (Å²) in [6, 6.07) is 1.85. The van der Waals surface area contributed by atoms with Crippen LogP contribution >= 0.6 is 11.3 Å². The van der Waals surface area contributed by atoms with Crippen molar-refractivity contribution in [3.8, 4) is 0 Å². The highest BCUT2D eigenvalue weighted by atomic mass is 32.1. The zero-order valence-corrected chi connectivity index (χ0v) is 13.0. The van der Waals surface area contributed by atoms with Crippen molar-refractivity contribution in [1.82, 2.24) is 4.90 Å². The Hall–Kier alpha value is -1.69. The fraction of sp³-hybridized carbons (Fsp3) is 0.500. The normalized spacial score (nSPS) is 11.0. The molecule has 1 aromatic heterocycles. The van der Waals surface area contributed by atoms with Gasteiger partial charge in [-0.3, -0.25) is 9.59 Å². The van der Waals surface area contributed by atoms with Gasteiger partial charge in [-0.05, 0) is 43.2 Å². The summed E-state index contributed by atoms with van der Waals surface area (Å²) < 4.78 is 4.72. The Balaban J connectivity index is 2.96. The number of amides is 1. The van der Waals surface area contributed by atoms with Crippen LogP contribution in [-0.2, 0) is 25.5 Å². The van der Waals surface area contributed by atoms with E-state index in [9.17, 15) is 14.4 Å². The number of Topliss-reactive ketones (excluding diaryl/α,β-unsaturated/α-hetero) is 1. The number of nitrogens with zero attached hydrogens (tertiary/aromatic N) is 1. The molecule has 1 rings (SSSR count). The average Bonchev–Trinajstić information content (AvgIpc) is 2.87. The van der Waals surface area contributed by atoms with Crippen molar-refractivity contribution in [2.75, 3.05) is 13.7 Å². The van der Waals surface area contributed by atoms with Crippen LogP contribution in [0.25, 0.3) is 0 Å². The van der Waals surface area contributed by atoms with Crippen molar-refractivity contribution in [2.24, 2.45) is 0 Å². The number of hydrogen-bond acceptors (Lipinski definition) is 5. The van der Waals surface area contributed by atoms with E-state index >= 15 is 0 Å². The fourth-order valence-corrected chi connectivity index (χ4v) is 2.51. The molecule has 20 heavy (non-hydrogen) atoms. The van der Waals surface area contributed by atoms with Gasteiger partial charge in [-0.15, -0.1) is 0 Å². The number of carbonyl (C=O) groups is 3. The first-order valence-corrected chi connectivity index (χ1v) is 7.12. The molecule has 110 valence electrons. The van der Waals surface area contributed by atoms with Crippen molar-refractivity contribution in [3.05, 3.63) is 22.4 Å². The summed E-state index contributed by atoms with van der Waals surface area (Å²) in [5.41, 5.74) is -0.303. The van der Waals surface area contributed by atoms with Gasteiger partial charge in [-0.1, -0.05) is 0 Å². The van der Waals surface area contributed by atoms with Crippen LogP contribution in [0, 0.1) is 0 Å². The molecule has 1 amide bonds. The van der Waals surface area contributed by atoms with Gasteiger partial charge in [0.2, 0.25) is 5.91 Å². The monoisotopic (exact) mass is 297 g/mol. The van der Waals surface area contributed by atoms with E-state index in [-0.39, 0.29) is 24.7 Å². The van der Waals surface area contributed by atoms with Crippen molar-refractivity contribution < 1.29 is 19.1 Å². The molecule has 1 aromatic rings. The fourth-order valence-electron chi connectivity index (χ4n) is 1.84. The second-order valence-electron chi connectivity index (χ2n) is 5.04. The molecule has 0 unspecified atom stereocenters. The Kier molecular flexibility index (Phi) is 5.44. The number of carbonyl (C=O) groups excluding carboxylic acids is 3. The number of ether oxygens (including phenoxy) is 1. The molecule has 0 saturated carbocycles. The minimum Gasteiger partial charge on any atom is -0.467 e. The highest BCUT2D eigenvalue weighted by molar-refractivity contribution is 7.08. The van der Waals surface area contributed by atoms with E-state index in [0.717, 1.165) is 5.56 Å². The van der Waals surface area contributed by atoms with Crippen molar-refractivity contribution >= 4 is 29.0 Å². The standard InChI is InChI=1S/C14H19NO4S/c1-10(16)8-15(14(2,3)13(18)19-4)12(17)7-11-5-6-20-9-11/h5-6,9H,7-8H2,1-4H3. The second-order valence-corrected chi connectivity index (χ2v) is 5.82. The highest BCUT2D eigenvalue weighted by Crippen LogP contribution is 2.19. The van der Waals surface area contributed by atoms with E-state index in [1.54, 1.807) is 13.8 Å². The summed E-state index contributed by atoms with van der Waals surface area (Å²) >= 11 is 1.50.